The second kappa shape index (κ2) is 9.16. The molecule has 28 heavy (non-hydrogen) atoms. The molecule has 3 rings (SSSR count). The van der Waals surface area contributed by atoms with E-state index >= 15 is 0 Å². The Bertz CT molecular complexity index is 859. The van der Waals surface area contributed by atoms with Gasteiger partial charge >= 0.3 is 5.97 Å². The van der Waals surface area contributed by atoms with Crippen molar-refractivity contribution in [3.63, 3.8) is 0 Å². The molecule has 2 unspecified atom stereocenters. The molecule has 0 heterocycles. The van der Waals surface area contributed by atoms with Crippen molar-refractivity contribution in [3.8, 4) is 0 Å². The van der Waals surface area contributed by atoms with E-state index < -0.39 is 0 Å². The third-order valence-corrected chi connectivity index (χ3v) is 5.44. The number of esters is 1. The predicted octanol–water partition coefficient (Wildman–Crippen LogP) is 5.14. The normalized spacial score (nSPS) is 21.1. The highest BCUT2D eigenvalue weighted by atomic mass is 19.1. The summed E-state index contributed by atoms with van der Waals surface area (Å²) in [6, 6.07) is 14.5. The quantitative estimate of drug-likeness (QED) is 0.672. The minimum Gasteiger partial charge on any atom is -0.465 e. The van der Waals surface area contributed by atoms with Crippen LogP contribution >= 0.6 is 0 Å². The molecule has 1 aliphatic carbocycles. The molecule has 2 atom stereocenters. The Labute approximate surface area is 166 Å². The lowest BCUT2D eigenvalue weighted by Gasteiger charge is -2.35. The topological polar surface area (TPSA) is 29.5 Å². The zero-order valence-electron chi connectivity index (χ0n) is 16.8. The molecule has 2 aromatic carbocycles. The van der Waals surface area contributed by atoms with Crippen molar-refractivity contribution in [2.24, 2.45) is 5.92 Å². The number of carbonyl (C=O) groups excluding carboxylic acids is 1. The van der Waals surface area contributed by atoms with Gasteiger partial charge in [0.1, 0.15) is 5.82 Å². The smallest absolute Gasteiger partial charge is 0.337 e. The van der Waals surface area contributed by atoms with Crippen LogP contribution in [0.15, 0.2) is 54.1 Å². The molecule has 0 N–H and O–H groups in total. The first-order valence-corrected chi connectivity index (χ1v) is 9.74. The predicted molar refractivity (Wildman–Crippen MR) is 111 cm³/mol. The molecule has 3 nitrogen and oxygen atoms in total. The Morgan fingerprint density at radius 2 is 2.00 bits per heavy atom. The molecular formula is C24H28FNO2. The summed E-state index contributed by atoms with van der Waals surface area (Å²) in [7, 11) is 5.57. The lowest BCUT2D eigenvalue weighted by molar-refractivity contribution is 0.0600. The standard InChI is InChI=1S/C24H28FNO2/c1-26(2)16-21-11-10-18(14-23(21)19-7-5-9-22(25)15-19)12-17-6-4-8-20(13-17)24(27)28-3/h4-9,12-13,15,21,23H,10-11,14,16H2,1-3H3/b18-12-. The van der Waals surface area contributed by atoms with Crippen LogP contribution in [0, 0.1) is 11.7 Å². The Hall–Kier alpha value is -2.46. The lowest BCUT2D eigenvalue weighted by atomic mass is 9.73. The van der Waals surface area contributed by atoms with E-state index in [4.69, 9.17) is 4.74 Å². The maximum atomic E-state index is 13.8. The zero-order chi connectivity index (χ0) is 20.1. The van der Waals surface area contributed by atoms with Crippen LogP contribution in [0.2, 0.25) is 0 Å². The third kappa shape index (κ3) is 5.08. The minimum atomic E-state index is -0.326. The highest BCUT2D eigenvalue weighted by Gasteiger charge is 2.29. The van der Waals surface area contributed by atoms with Crippen molar-refractivity contribution in [1.82, 2.24) is 4.90 Å². The molecule has 0 saturated heterocycles. The number of carbonyl (C=O) groups is 1. The van der Waals surface area contributed by atoms with Gasteiger partial charge in [-0.05, 0) is 80.6 Å². The van der Waals surface area contributed by atoms with Gasteiger partial charge in [0.2, 0.25) is 0 Å². The number of methoxy groups -OCH3 is 1. The zero-order valence-corrected chi connectivity index (χ0v) is 16.8. The van der Waals surface area contributed by atoms with E-state index in [0.29, 0.717) is 17.4 Å². The molecule has 0 bridgehead atoms. The molecule has 2 aromatic rings. The van der Waals surface area contributed by atoms with Crippen LogP contribution < -0.4 is 0 Å². The van der Waals surface area contributed by atoms with Gasteiger partial charge in [-0.25, -0.2) is 9.18 Å². The molecule has 148 valence electrons. The summed E-state index contributed by atoms with van der Waals surface area (Å²) in [5, 5.41) is 0. The molecule has 0 amide bonds. The number of hydrogen-bond acceptors (Lipinski definition) is 3. The van der Waals surface area contributed by atoms with Gasteiger partial charge in [-0.15, -0.1) is 0 Å². The molecule has 0 spiro atoms. The minimum absolute atomic E-state index is 0.178. The number of allylic oxidation sites excluding steroid dienone is 1. The van der Waals surface area contributed by atoms with Crippen LogP contribution in [0.1, 0.15) is 46.7 Å². The molecule has 1 fully saturated rings. The van der Waals surface area contributed by atoms with Crippen LogP contribution in [-0.2, 0) is 4.74 Å². The van der Waals surface area contributed by atoms with E-state index in [9.17, 15) is 9.18 Å². The van der Waals surface area contributed by atoms with Crippen molar-refractivity contribution in [2.75, 3.05) is 27.7 Å². The fourth-order valence-corrected chi connectivity index (χ4v) is 4.18. The summed E-state index contributed by atoms with van der Waals surface area (Å²) in [5.74, 6) is 0.285. The van der Waals surface area contributed by atoms with E-state index in [2.05, 4.69) is 25.1 Å². The summed E-state index contributed by atoms with van der Waals surface area (Å²) in [6.07, 6.45) is 5.17. The Balaban J connectivity index is 1.86. The first kappa shape index (κ1) is 20.3. The molecule has 1 saturated carbocycles. The second-order valence-corrected chi connectivity index (χ2v) is 7.85. The van der Waals surface area contributed by atoms with E-state index in [0.717, 1.165) is 36.9 Å². The van der Waals surface area contributed by atoms with Gasteiger partial charge in [0.05, 0.1) is 12.7 Å². The van der Waals surface area contributed by atoms with Crippen molar-refractivity contribution >= 4 is 12.0 Å². The first-order chi connectivity index (χ1) is 13.5. The Kier molecular flexibility index (Phi) is 6.63. The molecule has 0 aromatic heterocycles. The van der Waals surface area contributed by atoms with Gasteiger partial charge in [-0.2, -0.15) is 0 Å². The van der Waals surface area contributed by atoms with Gasteiger partial charge < -0.3 is 9.64 Å². The van der Waals surface area contributed by atoms with E-state index in [-0.39, 0.29) is 11.8 Å². The monoisotopic (exact) mass is 381 g/mol. The Morgan fingerprint density at radius 1 is 1.21 bits per heavy atom. The number of hydrogen-bond donors (Lipinski definition) is 0. The van der Waals surface area contributed by atoms with Crippen LogP contribution in [0.4, 0.5) is 4.39 Å². The fourth-order valence-electron chi connectivity index (χ4n) is 4.18. The summed E-state index contributed by atoms with van der Waals surface area (Å²) >= 11 is 0. The van der Waals surface area contributed by atoms with Crippen molar-refractivity contribution in [3.05, 3.63) is 76.6 Å². The highest BCUT2D eigenvalue weighted by molar-refractivity contribution is 5.90. The van der Waals surface area contributed by atoms with Gasteiger partial charge in [0, 0.05) is 6.54 Å². The van der Waals surface area contributed by atoms with Crippen molar-refractivity contribution in [1.29, 1.82) is 0 Å². The summed E-state index contributed by atoms with van der Waals surface area (Å²) in [4.78, 5) is 14.0. The molecular weight excluding hydrogens is 353 g/mol. The molecule has 1 aliphatic rings. The summed E-state index contributed by atoms with van der Waals surface area (Å²) in [6.45, 7) is 0.992. The summed E-state index contributed by atoms with van der Waals surface area (Å²) in [5.41, 5.74) is 3.97. The lowest BCUT2D eigenvalue weighted by Crippen LogP contribution is -2.29. The maximum Gasteiger partial charge on any atom is 0.337 e. The maximum absolute atomic E-state index is 13.8. The van der Waals surface area contributed by atoms with E-state index in [1.54, 1.807) is 18.2 Å². The first-order valence-electron chi connectivity index (χ1n) is 9.74. The number of ether oxygens (including phenoxy) is 1. The van der Waals surface area contributed by atoms with Crippen molar-refractivity contribution in [2.45, 2.75) is 25.2 Å². The van der Waals surface area contributed by atoms with Crippen molar-refractivity contribution < 1.29 is 13.9 Å². The second-order valence-electron chi connectivity index (χ2n) is 7.85. The van der Waals surface area contributed by atoms with E-state index in [1.807, 2.05) is 24.3 Å². The van der Waals surface area contributed by atoms with Crippen LogP contribution in [0.3, 0.4) is 0 Å². The Morgan fingerprint density at radius 3 is 2.71 bits per heavy atom. The molecule has 4 heteroatoms. The number of rotatable bonds is 5. The number of nitrogens with zero attached hydrogens (tertiary/aromatic N) is 1. The van der Waals surface area contributed by atoms with Gasteiger partial charge in [-0.3, -0.25) is 0 Å². The van der Waals surface area contributed by atoms with Crippen LogP contribution in [-0.4, -0.2) is 38.6 Å². The van der Waals surface area contributed by atoms with Crippen LogP contribution in [0.25, 0.3) is 6.08 Å². The fraction of sp³-hybridized carbons (Fsp3) is 0.375. The van der Waals surface area contributed by atoms with Crippen LogP contribution in [0.5, 0.6) is 0 Å². The third-order valence-electron chi connectivity index (χ3n) is 5.44. The SMILES string of the molecule is COC(=O)c1cccc(/C=C2/CCC(CN(C)C)C(c3cccc(F)c3)C2)c1. The highest BCUT2D eigenvalue weighted by Crippen LogP contribution is 2.41. The summed E-state index contributed by atoms with van der Waals surface area (Å²) < 4.78 is 18.7. The average Bonchev–Trinajstić information content (AvgIpc) is 2.68. The van der Waals surface area contributed by atoms with E-state index in [1.165, 1.54) is 18.7 Å². The molecule has 0 radical (unpaired) electrons. The number of benzene rings is 2. The van der Waals surface area contributed by atoms with Gasteiger partial charge in [0.25, 0.3) is 0 Å². The van der Waals surface area contributed by atoms with Gasteiger partial charge in [0.15, 0.2) is 0 Å². The number of halogens is 1. The largest absolute Gasteiger partial charge is 0.465 e. The molecule has 0 aliphatic heterocycles. The average molecular weight is 381 g/mol. The van der Waals surface area contributed by atoms with Gasteiger partial charge in [-0.1, -0.05) is 35.9 Å².